The Morgan fingerprint density at radius 3 is 2.62 bits per heavy atom. The monoisotopic (exact) mass is 387 g/mol. The second-order valence-electron chi connectivity index (χ2n) is 5.75. The van der Waals surface area contributed by atoms with Crippen molar-refractivity contribution < 1.29 is 9.21 Å². The van der Waals surface area contributed by atoms with Crippen molar-refractivity contribution in [2.75, 3.05) is 5.75 Å². The standard InChI is InChI=1S/C19H18ClN3O2S/c1-13(15-7-9-16(20)10-8-15)21-17(24)12-26-19-23-22-18(25-19)11-14-5-3-2-4-6-14/h2-10,13H,11-12H2,1H3,(H,21,24)/t13-/m1/s1. The van der Waals surface area contributed by atoms with E-state index in [1.165, 1.54) is 11.8 Å². The summed E-state index contributed by atoms with van der Waals surface area (Å²) in [6, 6.07) is 17.2. The highest BCUT2D eigenvalue weighted by Crippen LogP contribution is 2.19. The molecule has 0 fully saturated rings. The molecule has 1 aromatic heterocycles. The molecule has 0 saturated carbocycles. The molecule has 0 unspecified atom stereocenters. The minimum atomic E-state index is -0.100. The lowest BCUT2D eigenvalue weighted by molar-refractivity contribution is -0.119. The first-order valence-corrected chi connectivity index (χ1v) is 9.50. The third kappa shape index (κ3) is 5.34. The molecule has 0 saturated heterocycles. The van der Waals surface area contributed by atoms with Crippen LogP contribution in [0.1, 0.15) is 30.0 Å². The fraction of sp³-hybridized carbons (Fsp3) is 0.211. The lowest BCUT2D eigenvalue weighted by Crippen LogP contribution is -2.28. The summed E-state index contributed by atoms with van der Waals surface area (Å²) in [5.41, 5.74) is 2.10. The summed E-state index contributed by atoms with van der Waals surface area (Å²) in [4.78, 5) is 12.1. The van der Waals surface area contributed by atoms with Gasteiger partial charge in [-0.15, -0.1) is 10.2 Å². The molecule has 1 heterocycles. The Morgan fingerprint density at radius 1 is 1.15 bits per heavy atom. The average molecular weight is 388 g/mol. The van der Waals surface area contributed by atoms with Crippen molar-refractivity contribution in [2.45, 2.75) is 24.6 Å². The van der Waals surface area contributed by atoms with Crippen molar-refractivity contribution in [3.8, 4) is 0 Å². The van der Waals surface area contributed by atoms with E-state index in [1.54, 1.807) is 12.1 Å². The molecule has 2 aromatic carbocycles. The van der Waals surface area contributed by atoms with Gasteiger partial charge in [0.25, 0.3) is 5.22 Å². The number of thioether (sulfide) groups is 1. The number of rotatable bonds is 7. The van der Waals surface area contributed by atoms with Gasteiger partial charge >= 0.3 is 0 Å². The Kier molecular flexibility index (Phi) is 6.30. The summed E-state index contributed by atoms with van der Waals surface area (Å²) in [6.45, 7) is 1.93. The average Bonchev–Trinajstić information content (AvgIpc) is 3.09. The third-order valence-corrected chi connectivity index (χ3v) is 4.79. The zero-order chi connectivity index (χ0) is 18.4. The van der Waals surface area contributed by atoms with Crippen LogP contribution in [0, 0.1) is 0 Å². The number of carbonyl (C=O) groups is 1. The van der Waals surface area contributed by atoms with Crippen LogP contribution >= 0.6 is 23.4 Å². The van der Waals surface area contributed by atoms with Gasteiger partial charge in [-0.1, -0.05) is 65.8 Å². The summed E-state index contributed by atoms with van der Waals surface area (Å²) in [6.07, 6.45) is 0.578. The number of benzene rings is 2. The fourth-order valence-corrected chi connectivity index (χ4v) is 3.10. The smallest absolute Gasteiger partial charge is 0.277 e. The van der Waals surface area contributed by atoms with E-state index in [4.69, 9.17) is 16.0 Å². The largest absolute Gasteiger partial charge is 0.416 e. The summed E-state index contributed by atoms with van der Waals surface area (Å²) in [5.74, 6) is 0.652. The molecule has 1 N–H and O–H groups in total. The molecule has 3 rings (SSSR count). The van der Waals surface area contributed by atoms with Gasteiger partial charge in [0, 0.05) is 5.02 Å². The molecule has 0 spiro atoms. The molecular formula is C19H18ClN3O2S. The molecule has 0 radical (unpaired) electrons. The van der Waals surface area contributed by atoms with E-state index < -0.39 is 0 Å². The van der Waals surface area contributed by atoms with Crippen molar-refractivity contribution in [1.82, 2.24) is 15.5 Å². The number of halogens is 1. The number of hydrogen-bond acceptors (Lipinski definition) is 5. The van der Waals surface area contributed by atoms with Gasteiger partial charge < -0.3 is 9.73 Å². The highest BCUT2D eigenvalue weighted by atomic mass is 35.5. The molecule has 7 heteroatoms. The molecular weight excluding hydrogens is 370 g/mol. The van der Waals surface area contributed by atoms with Crippen LogP contribution < -0.4 is 5.32 Å². The fourth-order valence-electron chi connectivity index (χ4n) is 2.38. The van der Waals surface area contributed by atoms with Crippen molar-refractivity contribution in [2.24, 2.45) is 0 Å². The Balaban J connectivity index is 1.48. The van der Waals surface area contributed by atoms with E-state index in [0.29, 0.717) is 22.6 Å². The number of nitrogens with zero attached hydrogens (tertiary/aromatic N) is 2. The topological polar surface area (TPSA) is 68.0 Å². The van der Waals surface area contributed by atoms with Crippen molar-refractivity contribution in [3.05, 3.63) is 76.6 Å². The molecule has 0 aliphatic carbocycles. The highest BCUT2D eigenvalue weighted by molar-refractivity contribution is 7.99. The maximum atomic E-state index is 12.1. The predicted molar refractivity (Wildman–Crippen MR) is 102 cm³/mol. The lowest BCUT2D eigenvalue weighted by atomic mass is 10.1. The van der Waals surface area contributed by atoms with Gasteiger partial charge in [-0.2, -0.15) is 0 Å². The number of aromatic nitrogens is 2. The van der Waals surface area contributed by atoms with Gasteiger partial charge in [-0.3, -0.25) is 4.79 Å². The second kappa shape index (κ2) is 8.87. The predicted octanol–water partition coefficient (Wildman–Crippen LogP) is 4.28. The van der Waals surface area contributed by atoms with E-state index in [2.05, 4.69) is 15.5 Å². The van der Waals surface area contributed by atoms with Crippen LogP contribution in [0.15, 0.2) is 64.2 Å². The summed E-state index contributed by atoms with van der Waals surface area (Å²) in [7, 11) is 0. The van der Waals surface area contributed by atoms with Gasteiger partial charge in [-0.05, 0) is 30.2 Å². The van der Waals surface area contributed by atoms with Crippen LogP contribution in [0.25, 0.3) is 0 Å². The van der Waals surface area contributed by atoms with Gasteiger partial charge in [0.2, 0.25) is 11.8 Å². The lowest BCUT2D eigenvalue weighted by Gasteiger charge is -2.13. The highest BCUT2D eigenvalue weighted by Gasteiger charge is 2.13. The van der Waals surface area contributed by atoms with E-state index in [9.17, 15) is 4.79 Å². The maximum Gasteiger partial charge on any atom is 0.277 e. The van der Waals surface area contributed by atoms with Crippen LogP contribution in [0.4, 0.5) is 0 Å². The molecule has 0 aliphatic heterocycles. The Bertz CT molecular complexity index is 853. The normalized spacial score (nSPS) is 11.9. The first-order chi connectivity index (χ1) is 12.6. The Labute approximate surface area is 161 Å². The van der Waals surface area contributed by atoms with E-state index in [-0.39, 0.29) is 17.7 Å². The quantitative estimate of drug-likeness (QED) is 0.613. The van der Waals surface area contributed by atoms with Crippen LogP contribution in [-0.2, 0) is 11.2 Å². The van der Waals surface area contributed by atoms with Crippen LogP contribution in [0.2, 0.25) is 5.02 Å². The zero-order valence-electron chi connectivity index (χ0n) is 14.2. The molecule has 26 heavy (non-hydrogen) atoms. The molecule has 1 amide bonds. The van der Waals surface area contributed by atoms with E-state index in [1.807, 2.05) is 49.4 Å². The van der Waals surface area contributed by atoms with Gasteiger partial charge in [-0.25, -0.2) is 0 Å². The third-order valence-electron chi connectivity index (χ3n) is 3.72. The molecule has 134 valence electrons. The van der Waals surface area contributed by atoms with Gasteiger partial charge in [0.15, 0.2) is 0 Å². The number of carbonyl (C=O) groups excluding carboxylic acids is 1. The molecule has 5 nitrogen and oxygen atoms in total. The number of amides is 1. The second-order valence-corrected chi connectivity index (χ2v) is 7.12. The molecule has 0 bridgehead atoms. The number of nitrogens with one attached hydrogen (secondary N) is 1. The van der Waals surface area contributed by atoms with E-state index >= 15 is 0 Å². The Hall–Kier alpha value is -2.31. The Morgan fingerprint density at radius 2 is 1.88 bits per heavy atom. The molecule has 0 aliphatic rings. The van der Waals surface area contributed by atoms with Gasteiger partial charge in [0.1, 0.15) is 0 Å². The minimum Gasteiger partial charge on any atom is -0.416 e. The first kappa shape index (κ1) is 18.5. The van der Waals surface area contributed by atoms with Crippen molar-refractivity contribution >= 4 is 29.3 Å². The maximum absolute atomic E-state index is 12.1. The molecule has 3 aromatic rings. The number of hydrogen-bond donors (Lipinski definition) is 1. The first-order valence-electron chi connectivity index (χ1n) is 8.14. The van der Waals surface area contributed by atoms with Crippen molar-refractivity contribution in [1.29, 1.82) is 0 Å². The van der Waals surface area contributed by atoms with Crippen molar-refractivity contribution in [3.63, 3.8) is 0 Å². The SMILES string of the molecule is C[C@@H](NC(=O)CSc1nnc(Cc2ccccc2)o1)c1ccc(Cl)cc1. The van der Waals surface area contributed by atoms with Crippen LogP contribution in [-0.4, -0.2) is 21.9 Å². The van der Waals surface area contributed by atoms with Crippen LogP contribution in [0.5, 0.6) is 0 Å². The van der Waals surface area contributed by atoms with Gasteiger partial charge in [0.05, 0.1) is 18.2 Å². The summed E-state index contributed by atoms with van der Waals surface area (Å²) in [5, 5.41) is 12.0. The summed E-state index contributed by atoms with van der Waals surface area (Å²) < 4.78 is 5.59. The van der Waals surface area contributed by atoms with E-state index in [0.717, 1.165) is 11.1 Å². The molecule has 1 atom stereocenters. The van der Waals surface area contributed by atoms with Crippen LogP contribution in [0.3, 0.4) is 0 Å². The summed E-state index contributed by atoms with van der Waals surface area (Å²) >= 11 is 7.10. The zero-order valence-corrected chi connectivity index (χ0v) is 15.8. The minimum absolute atomic E-state index is 0.0970.